The fourth-order valence-corrected chi connectivity index (χ4v) is 4.43. The lowest BCUT2D eigenvalue weighted by molar-refractivity contribution is -0.138. The Balaban J connectivity index is 1.80. The molecule has 0 aliphatic heterocycles. The van der Waals surface area contributed by atoms with E-state index in [2.05, 4.69) is 69.0 Å². The predicted octanol–water partition coefficient (Wildman–Crippen LogP) is 7.35. The second-order valence-electron chi connectivity index (χ2n) is 9.44. The Labute approximate surface area is 222 Å². The van der Waals surface area contributed by atoms with Crippen LogP contribution in [0.1, 0.15) is 56.7 Å². The van der Waals surface area contributed by atoms with Gasteiger partial charge in [-0.15, -0.1) is 0 Å². The highest BCUT2D eigenvalue weighted by Crippen LogP contribution is 2.31. The third-order valence-corrected chi connectivity index (χ3v) is 6.51. The molecule has 0 atom stereocenters. The van der Waals surface area contributed by atoms with Gasteiger partial charge in [-0.05, 0) is 77.3 Å². The number of unbranched alkanes of at least 4 members (excludes halogenated alkanes) is 2. The first-order valence-corrected chi connectivity index (χ1v) is 13.4. The summed E-state index contributed by atoms with van der Waals surface area (Å²) in [5.41, 5.74) is 8.79. The predicted molar refractivity (Wildman–Crippen MR) is 152 cm³/mol. The maximum atomic E-state index is 11.8. The van der Waals surface area contributed by atoms with Crippen molar-refractivity contribution in [3.63, 3.8) is 0 Å². The van der Waals surface area contributed by atoms with Gasteiger partial charge in [-0.3, -0.25) is 0 Å². The first-order chi connectivity index (χ1) is 18.0. The van der Waals surface area contributed by atoms with Gasteiger partial charge in [0.05, 0.1) is 13.2 Å². The van der Waals surface area contributed by atoms with Crippen molar-refractivity contribution in [1.82, 2.24) is 0 Å². The summed E-state index contributed by atoms with van der Waals surface area (Å²) in [7, 11) is 0. The van der Waals surface area contributed by atoms with Crippen LogP contribution in [0.2, 0.25) is 0 Å². The van der Waals surface area contributed by atoms with E-state index >= 15 is 0 Å². The van der Waals surface area contributed by atoms with Crippen LogP contribution in [0.15, 0.2) is 72.8 Å². The SMILES string of the molecule is C=C(C)C(=O)OCCc1cc(-c2ccc(-c3ccc(CCCCC)cc3CC)cc2)ccc1OCCO. The van der Waals surface area contributed by atoms with Crippen molar-refractivity contribution >= 4 is 5.97 Å². The van der Waals surface area contributed by atoms with Gasteiger partial charge in [-0.1, -0.05) is 81.8 Å². The van der Waals surface area contributed by atoms with Gasteiger partial charge in [-0.2, -0.15) is 0 Å². The van der Waals surface area contributed by atoms with E-state index < -0.39 is 5.97 Å². The molecule has 0 bridgehead atoms. The molecule has 37 heavy (non-hydrogen) atoms. The van der Waals surface area contributed by atoms with E-state index in [9.17, 15) is 9.90 Å². The molecular formula is C33H40O4. The Hall–Kier alpha value is -3.37. The number of ether oxygens (including phenoxy) is 2. The number of esters is 1. The van der Waals surface area contributed by atoms with Gasteiger partial charge < -0.3 is 14.6 Å². The lowest BCUT2D eigenvalue weighted by atomic mass is 9.93. The third kappa shape index (κ3) is 8.06. The number of carbonyl (C=O) groups is 1. The molecule has 3 rings (SSSR count). The van der Waals surface area contributed by atoms with Crippen molar-refractivity contribution in [1.29, 1.82) is 0 Å². The Morgan fingerprint density at radius 1 is 0.838 bits per heavy atom. The molecule has 3 aromatic carbocycles. The molecule has 4 nitrogen and oxygen atoms in total. The van der Waals surface area contributed by atoms with E-state index in [1.54, 1.807) is 6.92 Å². The largest absolute Gasteiger partial charge is 0.491 e. The van der Waals surface area contributed by atoms with Crippen molar-refractivity contribution in [2.75, 3.05) is 19.8 Å². The smallest absolute Gasteiger partial charge is 0.333 e. The highest BCUT2D eigenvalue weighted by molar-refractivity contribution is 5.86. The minimum absolute atomic E-state index is 0.0627. The lowest BCUT2D eigenvalue weighted by Crippen LogP contribution is -2.10. The van der Waals surface area contributed by atoms with Gasteiger partial charge in [0.15, 0.2) is 0 Å². The van der Waals surface area contributed by atoms with Gasteiger partial charge in [0.2, 0.25) is 0 Å². The zero-order valence-electron chi connectivity index (χ0n) is 22.5. The van der Waals surface area contributed by atoms with E-state index in [4.69, 9.17) is 9.47 Å². The van der Waals surface area contributed by atoms with Crippen molar-refractivity contribution in [3.8, 4) is 28.0 Å². The molecule has 0 saturated carbocycles. The molecule has 0 amide bonds. The molecule has 0 heterocycles. The maximum absolute atomic E-state index is 11.8. The summed E-state index contributed by atoms with van der Waals surface area (Å²) in [5, 5.41) is 9.18. The van der Waals surface area contributed by atoms with E-state index in [0.29, 0.717) is 17.7 Å². The number of aliphatic hydroxyl groups is 1. The van der Waals surface area contributed by atoms with Crippen molar-refractivity contribution in [3.05, 3.63) is 89.5 Å². The molecule has 0 aromatic heterocycles. The van der Waals surface area contributed by atoms with Crippen molar-refractivity contribution in [2.24, 2.45) is 0 Å². The van der Waals surface area contributed by atoms with Crippen LogP contribution < -0.4 is 4.74 Å². The summed E-state index contributed by atoms with van der Waals surface area (Å²) in [6.07, 6.45) is 6.43. The molecule has 0 radical (unpaired) electrons. The summed E-state index contributed by atoms with van der Waals surface area (Å²) in [6, 6.07) is 21.6. The van der Waals surface area contributed by atoms with Gasteiger partial charge >= 0.3 is 5.97 Å². The summed E-state index contributed by atoms with van der Waals surface area (Å²) in [6.45, 7) is 10.1. The average Bonchev–Trinajstić information content (AvgIpc) is 2.92. The van der Waals surface area contributed by atoms with E-state index in [0.717, 1.165) is 29.5 Å². The lowest BCUT2D eigenvalue weighted by Gasteiger charge is -2.14. The first-order valence-electron chi connectivity index (χ1n) is 13.4. The minimum Gasteiger partial charge on any atom is -0.491 e. The van der Waals surface area contributed by atoms with Crippen molar-refractivity contribution in [2.45, 2.75) is 59.3 Å². The second kappa shape index (κ2) is 14.4. The zero-order valence-corrected chi connectivity index (χ0v) is 22.5. The molecule has 3 aromatic rings. The standard InChI is InChI=1S/C33H40O4/c1-5-7-8-9-25-10-16-31(26(6-2)22-25)28-13-11-27(12-14-28)29-15-17-32(36-21-19-34)30(23-29)18-20-37-33(35)24(3)4/h10-17,22-23,34H,3,5-9,18-21H2,1-2,4H3. The molecule has 0 unspecified atom stereocenters. The molecule has 0 aliphatic rings. The molecular weight excluding hydrogens is 460 g/mol. The number of benzene rings is 3. The van der Waals surface area contributed by atoms with Crippen LogP contribution in [0.5, 0.6) is 5.75 Å². The second-order valence-corrected chi connectivity index (χ2v) is 9.44. The molecule has 0 aliphatic carbocycles. The van der Waals surface area contributed by atoms with E-state index in [1.807, 2.05) is 12.1 Å². The minimum atomic E-state index is -0.398. The number of aryl methyl sites for hydroxylation is 2. The van der Waals surface area contributed by atoms with Crippen LogP contribution >= 0.6 is 0 Å². The molecule has 1 N–H and O–H groups in total. The number of carbonyl (C=O) groups excluding carboxylic acids is 1. The summed E-state index contributed by atoms with van der Waals surface area (Å²) in [4.78, 5) is 11.8. The molecule has 0 spiro atoms. The third-order valence-electron chi connectivity index (χ3n) is 6.51. The molecule has 4 heteroatoms. The van der Waals surface area contributed by atoms with E-state index in [1.165, 1.54) is 41.5 Å². The zero-order chi connectivity index (χ0) is 26.6. The first kappa shape index (κ1) is 28.2. The Morgan fingerprint density at radius 2 is 1.57 bits per heavy atom. The molecule has 0 saturated heterocycles. The Morgan fingerprint density at radius 3 is 2.24 bits per heavy atom. The van der Waals surface area contributed by atoms with Crippen LogP contribution in [0.3, 0.4) is 0 Å². The average molecular weight is 501 g/mol. The van der Waals surface area contributed by atoms with Crippen LogP contribution in [0.4, 0.5) is 0 Å². The maximum Gasteiger partial charge on any atom is 0.333 e. The van der Waals surface area contributed by atoms with Gasteiger partial charge in [-0.25, -0.2) is 4.79 Å². The normalized spacial score (nSPS) is 10.8. The van der Waals surface area contributed by atoms with Gasteiger partial charge in [0.1, 0.15) is 12.4 Å². The van der Waals surface area contributed by atoms with Crippen LogP contribution in [0, 0.1) is 0 Å². The van der Waals surface area contributed by atoms with Gasteiger partial charge in [0.25, 0.3) is 0 Å². The highest BCUT2D eigenvalue weighted by Gasteiger charge is 2.11. The highest BCUT2D eigenvalue weighted by atomic mass is 16.5. The monoisotopic (exact) mass is 500 g/mol. The Kier molecular flexibility index (Phi) is 11.0. The number of aliphatic hydroxyl groups excluding tert-OH is 1. The van der Waals surface area contributed by atoms with Gasteiger partial charge in [0, 0.05) is 12.0 Å². The van der Waals surface area contributed by atoms with Crippen LogP contribution in [-0.4, -0.2) is 30.9 Å². The Bertz CT molecular complexity index is 1180. The summed E-state index contributed by atoms with van der Waals surface area (Å²) in [5.74, 6) is 0.289. The number of hydrogen-bond acceptors (Lipinski definition) is 4. The fourth-order valence-electron chi connectivity index (χ4n) is 4.43. The van der Waals surface area contributed by atoms with Crippen molar-refractivity contribution < 1.29 is 19.4 Å². The quantitative estimate of drug-likeness (QED) is 0.143. The molecule has 196 valence electrons. The van der Waals surface area contributed by atoms with Crippen LogP contribution in [0.25, 0.3) is 22.3 Å². The fraction of sp³-hybridized carbons (Fsp3) is 0.364. The van der Waals surface area contributed by atoms with E-state index in [-0.39, 0.29) is 19.8 Å². The number of hydrogen-bond donors (Lipinski definition) is 1. The molecule has 0 fully saturated rings. The summed E-state index contributed by atoms with van der Waals surface area (Å²) < 4.78 is 11.0. The van der Waals surface area contributed by atoms with Crippen LogP contribution in [-0.2, 0) is 28.8 Å². The summed E-state index contributed by atoms with van der Waals surface area (Å²) >= 11 is 0. The number of rotatable bonds is 14. The topological polar surface area (TPSA) is 55.8 Å².